The Labute approximate surface area is 87.8 Å². The zero-order chi connectivity index (χ0) is 10.4. The van der Waals surface area contributed by atoms with Crippen molar-refractivity contribution in [1.82, 2.24) is 10.2 Å². The Morgan fingerprint density at radius 1 is 1.50 bits per heavy atom. The van der Waals surface area contributed by atoms with Crippen LogP contribution in [0.3, 0.4) is 0 Å². The molecule has 0 bridgehead atoms. The average Bonchev–Trinajstić information content (AvgIpc) is 2.19. The molecule has 1 saturated heterocycles. The molecule has 0 amide bonds. The predicted octanol–water partition coefficient (Wildman–Crippen LogP) is 1.10. The molecule has 2 atom stereocenters. The molecular weight excluding hydrogens is 176 g/mol. The number of nitrogens with one attached hydrogen (secondary N) is 1. The van der Waals surface area contributed by atoms with Crippen LogP contribution in [0, 0.1) is 0 Å². The van der Waals surface area contributed by atoms with Gasteiger partial charge in [0.1, 0.15) is 0 Å². The molecular formula is C11H24N2O. The van der Waals surface area contributed by atoms with Crippen LogP contribution in [-0.4, -0.2) is 49.8 Å². The van der Waals surface area contributed by atoms with Gasteiger partial charge in [0.15, 0.2) is 0 Å². The number of hydrogen-bond donors (Lipinski definition) is 1. The third kappa shape index (κ3) is 3.56. The molecule has 1 aliphatic heterocycles. The lowest BCUT2D eigenvalue weighted by atomic mass is 10.1. The highest BCUT2D eigenvalue weighted by Gasteiger charge is 2.22. The van der Waals surface area contributed by atoms with E-state index in [4.69, 9.17) is 4.74 Å². The van der Waals surface area contributed by atoms with E-state index in [0.717, 1.165) is 32.8 Å². The summed E-state index contributed by atoms with van der Waals surface area (Å²) in [5.74, 6) is 0. The van der Waals surface area contributed by atoms with Crippen molar-refractivity contribution in [2.45, 2.75) is 39.3 Å². The van der Waals surface area contributed by atoms with Crippen LogP contribution < -0.4 is 5.32 Å². The van der Waals surface area contributed by atoms with Crippen molar-refractivity contribution in [3.63, 3.8) is 0 Å². The van der Waals surface area contributed by atoms with Crippen LogP contribution in [0.15, 0.2) is 0 Å². The number of hydrogen-bond acceptors (Lipinski definition) is 3. The fourth-order valence-corrected chi connectivity index (χ4v) is 2.02. The largest absolute Gasteiger partial charge is 0.376 e. The third-order valence-electron chi connectivity index (χ3n) is 2.89. The molecule has 1 aliphatic rings. The second kappa shape index (κ2) is 6.38. The molecule has 2 unspecified atom stereocenters. The molecule has 1 rings (SSSR count). The van der Waals surface area contributed by atoms with Gasteiger partial charge in [-0.3, -0.25) is 4.90 Å². The number of rotatable bonds is 5. The van der Waals surface area contributed by atoms with Gasteiger partial charge in [0.2, 0.25) is 0 Å². The summed E-state index contributed by atoms with van der Waals surface area (Å²) in [6, 6.07) is 0.682. The highest BCUT2D eigenvalue weighted by atomic mass is 16.5. The summed E-state index contributed by atoms with van der Waals surface area (Å²) in [6.07, 6.45) is 1.62. The molecule has 14 heavy (non-hydrogen) atoms. The lowest BCUT2D eigenvalue weighted by Gasteiger charge is -2.37. The van der Waals surface area contributed by atoms with E-state index in [1.807, 2.05) is 0 Å². The Balaban J connectivity index is 2.34. The first-order valence-electron chi connectivity index (χ1n) is 5.84. The van der Waals surface area contributed by atoms with Crippen molar-refractivity contribution >= 4 is 0 Å². The second-order valence-electron chi connectivity index (χ2n) is 4.05. The van der Waals surface area contributed by atoms with E-state index in [2.05, 4.69) is 31.0 Å². The lowest BCUT2D eigenvalue weighted by Crippen LogP contribution is -2.50. The highest BCUT2D eigenvalue weighted by Crippen LogP contribution is 2.10. The number of morpholine rings is 1. The first-order valence-corrected chi connectivity index (χ1v) is 5.84. The van der Waals surface area contributed by atoms with Crippen molar-refractivity contribution in [2.24, 2.45) is 0 Å². The summed E-state index contributed by atoms with van der Waals surface area (Å²) in [6.45, 7) is 11.8. The molecule has 0 aromatic rings. The van der Waals surface area contributed by atoms with Crippen LogP contribution >= 0.6 is 0 Å². The van der Waals surface area contributed by atoms with Gasteiger partial charge in [-0.1, -0.05) is 13.8 Å². The summed E-state index contributed by atoms with van der Waals surface area (Å²) in [5, 5.41) is 3.43. The molecule has 3 heteroatoms. The molecule has 1 fully saturated rings. The van der Waals surface area contributed by atoms with E-state index in [1.54, 1.807) is 0 Å². The fourth-order valence-electron chi connectivity index (χ4n) is 2.02. The maximum absolute atomic E-state index is 5.55. The first-order chi connectivity index (χ1) is 6.77. The van der Waals surface area contributed by atoms with Crippen molar-refractivity contribution in [2.75, 3.05) is 32.8 Å². The summed E-state index contributed by atoms with van der Waals surface area (Å²) in [7, 11) is 0. The topological polar surface area (TPSA) is 24.5 Å². The quantitative estimate of drug-likeness (QED) is 0.719. The monoisotopic (exact) mass is 200 g/mol. The molecule has 0 aromatic heterocycles. The molecule has 1 heterocycles. The number of likely N-dealkylation sites (N-methyl/N-ethyl adjacent to an activating group) is 1. The maximum Gasteiger partial charge on any atom is 0.0674 e. The van der Waals surface area contributed by atoms with Crippen molar-refractivity contribution in [3.05, 3.63) is 0 Å². The fraction of sp³-hybridized carbons (Fsp3) is 1.00. The molecule has 84 valence electrons. The summed E-state index contributed by atoms with van der Waals surface area (Å²) >= 11 is 0. The predicted molar refractivity (Wildman–Crippen MR) is 59.6 cm³/mol. The Bertz CT molecular complexity index is 152. The average molecular weight is 200 g/mol. The van der Waals surface area contributed by atoms with Crippen LogP contribution in [0.2, 0.25) is 0 Å². The highest BCUT2D eigenvalue weighted by molar-refractivity contribution is 4.77. The van der Waals surface area contributed by atoms with Gasteiger partial charge >= 0.3 is 0 Å². The standard InChI is InChI=1S/C11H24N2O/c1-4-11(8-12-5-2)13-6-7-14-10(3)9-13/h10-12H,4-9H2,1-3H3. The molecule has 0 aromatic carbocycles. The van der Waals surface area contributed by atoms with E-state index < -0.39 is 0 Å². The molecule has 0 saturated carbocycles. The van der Waals surface area contributed by atoms with Crippen LogP contribution in [0.25, 0.3) is 0 Å². The van der Waals surface area contributed by atoms with Gasteiger partial charge in [-0.05, 0) is 19.9 Å². The van der Waals surface area contributed by atoms with Crippen molar-refractivity contribution < 1.29 is 4.74 Å². The van der Waals surface area contributed by atoms with Crippen LogP contribution in [0.5, 0.6) is 0 Å². The SMILES string of the molecule is CCNCC(CC)N1CCOC(C)C1. The molecule has 1 N–H and O–H groups in total. The van der Waals surface area contributed by atoms with Crippen LogP contribution in [0.4, 0.5) is 0 Å². The zero-order valence-corrected chi connectivity index (χ0v) is 9.75. The molecule has 0 radical (unpaired) electrons. The Kier molecular flexibility index (Phi) is 5.45. The first kappa shape index (κ1) is 12.0. The van der Waals surface area contributed by atoms with E-state index >= 15 is 0 Å². The van der Waals surface area contributed by atoms with Crippen molar-refractivity contribution in [3.8, 4) is 0 Å². The Morgan fingerprint density at radius 3 is 2.86 bits per heavy atom. The minimum absolute atomic E-state index is 0.402. The second-order valence-corrected chi connectivity index (χ2v) is 4.05. The van der Waals surface area contributed by atoms with Crippen molar-refractivity contribution in [1.29, 1.82) is 0 Å². The van der Waals surface area contributed by atoms with E-state index in [-0.39, 0.29) is 0 Å². The van der Waals surface area contributed by atoms with E-state index in [0.29, 0.717) is 12.1 Å². The number of nitrogens with zero attached hydrogens (tertiary/aromatic N) is 1. The maximum atomic E-state index is 5.55. The normalized spacial score (nSPS) is 26.4. The summed E-state index contributed by atoms with van der Waals surface area (Å²) in [4.78, 5) is 2.55. The van der Waals surface area contributed by atoms with E-state index in [9.17, 15) is 0 Å². The molecule has 0 aliphatic carbocycles. The minimum atomic E-state index is 0.402. The van der Waals surface area contributed by atoms with Gasteiger partial charge in [-0.2, -0.15) is 0 Å². The number of ether oxygens (including phenoxy) is 1. The molecule has 0 spiro atoms. The third-order valence-corrected chi connectivity index (χ3v) is 2.89. The van der Waals surface area contributed by atoms with Gasteiger partial charge in [0, 0.05) is 25.7 Å². The van der Waals surface area contributed by atoms with E-state index in [1.165, 1.54) is 6.42 Å². The Hall–Kier alpha value is -0.120. The van der Waals surface area contributed by atoms with Crippen LogP contribution in [0.1, 0.15) is 27.2 Å². The molecule has 3 nitrogen and oxygen atoms in total. The van der Waals surface area contributed by atoms with Gasteiger partial charge in [-0.15, -0.1) is 0 Å². The lowest BCUT2D eigenvalue weighted by molar-refractivity contribution is -0.0342. The zero-order valence-electron chi connectivity index (χ0n) is 9.75. The van der Waals surface area contributed by atoms with Gasteiger partial charge in [0.05, 0.1) is 12.7 Å². The smallest absolute Gasteiger partial charge is 0.0674 e. The van der Waals surface area contributed by atoms with Crippen LogP contribution in [-0.2, 0) is 4.74 Å². The minimum Gasteiger partial charge on any atom is -0.376 e. The van der Waals surface area contributed by atoms with Gasteiger partial charge in [0.25, 0.3) is 0 Å². The summed E-state index contributed by atoms with van der Waals surface area (Å²) < 4.78 is 5.55. The Morgan fingerprint density at radius 2 is 2.29 bits per heavy atom. The van der Waals surface area contributed by atoms with Gasteiger partial charge < -0.3 is 10.1 Å². The summed E-state index contributed by atoms with van der Waals surface area (Å²) in [5.41, 5.74) is 0. The van der Waals surface area contributed by atoms with Gasteiger partial charge in [-0.25, -0.2) is 0 Å².